The van der Waals surface area contributed by atoms with Gasteiger partial charge >= 0.3 is 5.97 Å². The average Bonchev–Trinajstić information content (AvgIpc) is 3.40. The summed E-state index contributed by atoms with van der Waals surface area (Å²) < 4.78 is 31.8. The minimum atomic E-state index is -3.74. The van der Waals surface area contributed by atoms with Crippen molar-refractivity contribution in [2.24, 2.45) is 0 Å². The van der Waals surface area contributed by atoms with Crippen LogP contribution in [0, 0.1) is 0 Å². The Labute approximate surface area is 307 Å². The molecule has 256 valence electrons. The van der Waals surface area contributed by atoms with E-state index in [9.17, 15) is 18.3 Å². The van der Waals surface area contributed by atoms with E-state index in [1.54, 1.807) is 36.4 Å². The highest BCUT2D eigenvalue weighted by Crippen LogP contribution is 2.41. The van der Waals surface area contributed by atoms with Gasteiger partial charge in [0.05, 0.1) is 27.4 Å². The van der Waals surface area contributed by atoms with E-state index in [2.05, 4.69) is 40.5 Å². The quantitative estimate of drug-likeness (QED) is 0.123. The Morgan fingerprint density at radius 2 is 1.46 bits per heavy atom. The van der Waals surface area contributed by atoms with Crippen LogP contribution in [0.2, 0.25) is 15.1 Å². The molecular weight excluding hydrogens is 711 g/mol. The van der Waals surface area contributed by atoms with E-state index >= 15 is 0 Å². The van der Waals surface area contributed by atoms with Gasteiger partial charge in [0.25, 0.3) is 0 Å². The first-order valence-electron chi connectivity index (χ1n) is 16.2. The standard InChI is InChI=1S/C40H35Cl3N2O4S/c1-26(21-27-9-8-14-31(22-27)40(46)47)38-33-24-32(41)16-18-36(33)45(39(29-10-4-2-5-11-29)30-12-6-3-7-13-30)37(38)19-20-44-50(48,49)25-28-15-17-34(42)35(43)23-28/h2-18,22-24,26,39,44H,19-21,25H2,1H3,(H,46,47). The van der Waals surface area contributed by atoms with E-state index in [1.807, 2.05) is 60.7 Å². The zero-order chi connectivity index (χ0) is 35.4. The third-order valence-electron chi connectivity index (χ3n) is 8.83. The third-order valence-corrected chi connectivity index (χ3v) is 11.2. The number of carbonyl (C=O) groups is 1. The number of sulfonamides is 1. The number of carboxylic acid groups (broad SMARTS) is 1. The van der Waals surface area contributed by atoms with E-state index in [0.717, 1.165) is 38.9 Å². The fourth-order valence-electron chi connectivity index (χ4n) is 6.74. The van der Waals surface area contributed by atoms with Crippen molar-refractivity contribution >= 4 is 61.7 Å². The second-order valence-electron chi connectivity index (χ2n) is 12.4. The van der Waals surface area contributed by atoms with Crippen LogP contribution in [0.1, 0.15) is 62.8 Å². The number of nitrogens with one attached hydrogen (secondary N) is 1. The van der Waals surface area contributed by atoms with Gasteiger partial charge in [0.15, 0.2) is 0 Å². The molecule has 50 heavy (non-hydrogen) atoms. The Hall–Kier alpha value is -4.11. The van der Waals surface area contributed by atoms with E-state index in [1.165, 1.54) is 0 Å². The molecule has 0 spiro atoms. The molecule has 0 aliphatic carbocycles. The maximum Gasteiger partial charge on any atom is 0.335 e. The van der Waals surface area contributed by atoms with Crippen LogP contribution in [0.25, 0.3) is 10.9 Å². The summed E-state index contributed by atoms with van der Waals surface area (Å²) in [4.78, 5) is 11.8. The first-order chi connectivity index (χ1) is 24.0. The molecule has 0 amide bonds. The van der Waals surface area contributed by atoms with Crippen LogP contribution in [0.3, 0.4) is 0 Å². The van der Waals surface area contributed by atoms with Crippen LogP contribution < -0.4 is 4.72 Å². The molecule has 0 radical (unpaired) electrons. The molecule has 1 aromatic heterocycles. The van der Waals surface area contributed by atoms with Crippen molar-refractivity contribution in [2.75, 3.05) is 6.54 Å². The molecule has 5 aromatic carbocycles. The normalized spacial score (nSPS) is 12.4. The third kappa shape index (κ3) is 8.09. The van der Waals surface area contributed by atoms with E-state index in [0.29, 0.717) is 33.5 Å². The Bertz CT molecular complexity index is 2220. The number of aromatic carboxylic acids is 1. The lowest BCUT2D eigenvalue weighted by Crippen LogP contribution is -2.28. The fourth-order valence-corrected chi connectivity index (χ4v) is 8.36. The van der Waals surface area contributed by atoms with E-state index in [-0.39, 0.29) is 29.8 Å². The van der Waals surface area contributed by atoms with Gasteiger partial charge in [0, 0.05) is 34.6 Å². The largest absolute Gasteiger partial charge is 0.478 e. The summed E-state index contributed by atoms with van der Waals surface area (Å²) in [6.07, 6.45) is 0.933. The van der Waals surface area contributed by atoms with Gasteiger partial charge in [-0.1, -0.05) is 121 Å². The minimum Gasteiger partial charge on any atom is -0.478 e. The highest BCUT2D eigenvalue weighted by atomic mass is 35.5. The number of carboxylic acids is 1. The molecule has 1 unspecified atom stereocenters. The lowest BCUT2D eigenvalue weighted by molar-refractivity contribution is 0.0696. The lowest BCUT2D eigenvalue weighted by Gasteiger charge is -2.25. The minimum absolute atomic E-state index is 0.0868. The number of hydrogen-bond donors (Lipinski definition) is 2. The molecular formula is C40H35Cl3N2O4S. The van der Waals surface area contributed by atoms with Crippen LogP contribution >= 0.6 is 34.8 Å². The van der Waals surface area contributed by atoms with Crippen molar-refractivity contribution in [1.29, 1.82) is 0 Å². The summed E-state index contributed by atoms with van der Waals surface area (Å²) in [6, 6.07) is 37.9. The number of nitrogens with zero attached hydrogens (tertiary/aromatic N) is 1. The molecule has 2 N–H and O–H groups in total. The molecule has 0 aliphatic rings. The topological polar surface area (TPSA) is 88.4 Å². The molecule has 0 aliphatic heterocycles. The molecule has 6 aromatic rings. The summed E-state index contributed by atoms with van der Waals surface area (Å²) in [5, 5.41) is 11.9. The van der Waals surface area contributed by atoms with Gasteiger partial charge in [-0.25, -0.2) is 17.9 Å². The number of hydrogen-bond acceptors (Lipinski definition) is 3. The zero-order valence-corrected chi connectivity index (χ0v) is 30.3. The van der Waals surface area contributed by atoms with Crippen molar-refractivity contribution in [3.05, 3.63) is 175 Å². The van der Waals surface area contributed by atoms with Gasteiger partial charge in [0.1, 0.15) is 0 Å². The summed E-state index contributed by atoms with van der Waals surface area (Å²) in [7, 11) is -3.74. The SMILES string of the molecule is CC(Cc1cccc(C(=O)O)c1)c1c(CCNS(=O)(=O)Cc2ccc(Cl)c(Cl)c2)n(C(c2ccccc2)c2ccccc2)c2ccc(Cl)cc12. The first kappa shape index (κ1) is 35.7. The molecule has 0 saturated heterocycles. The Balaban J connectivity index is 1.47. The van der Waals surface area contributed by atoms with E-state index < -0.39 is 16.0 Å². The highest BCUT2D eigenvalue weighted by molar-refractivity contribution is 7.88. The highest BCUT2D eigenvalue weighted by Gasteiger charge is 2.28. The van der Waals surface area contributed by atoms with Gasteiger partial charge in [-0.15, -0.1) is 0 Å². The molecule has 0 bridgehead atoms. The molecule has 1 atom stereocenters. The summed E-state index contributed by atoms with van der Waals surface area (Å²) in [6.45, 7) is 2.25. The van der Waals surface area contributed by atoms with E-state index in [4.69, 9.17) is 34.8 Å². The number of rotatable bonds is 13. The maximum absolute atomic E-state index is 13.4. The predicted octanol–water partition coefficient (Wildman–Crippen LogP) is 9.95. The van der Waals surface area contributed by atoms with Gasteiger partial charge in [-0.05, 0) is 82.6 Å². The van der Waals surface area contributed by atoms with Gasteiger partial charge in [-0.3, -0.25) is 0 Å². The smallest absolute Gasteiger partial charge is 0.335 e. The summed E-state index contributed by atoms with van der Waals surface area (Å²) in [5.41, 5.74) is 6.73. The monoisotopic (exact) mass is 744 g/mol. The summed E-state index contributed by atoms with van der Waals surface area (Å²) >= 11 is 18.9. The van der Waals surface area contributed by atoms with Crippen molar-refractivity contribution in [3.63, 3.8) is 0 Å². The molecule has 6 rings (SSSR count). The Morgan fingerprint density at radius 1 is 0.780 bits per heavy atom. The Kier molecular flexibility index (Phi) is 11.0. The second-order valence-corrected chi connectivity index (χ2v) is 15.4. The second kappa shape index (κ2) is 15.4. The molecule has 6 nitrogen and oxygen atoms in total. The predicted molar refractivity (Wildman–Crippen MR) is 203 cm³/mol. The van der Waals surface area contributed by atoms with Gasteiger partial charge < -0.3 is 9.67 Å². The molecule has 10 heteroatoms. The number of fused-ring (bicyclic) bond motifs is 1. The average molecular weight is 746 g/mol. The van der Waals surface area contributed by atoms with Crippen molar-refractivity contribution in [2.45, 2.75) is 37.5 Å². The van der Waals surface area contributed by atoms with Crippen LogP contribution in [0.5, 0.6) is 0 Å². The van der Waals surface area contributed by atoms with Crippen molar-refractivity contribution in [1.82, 2.24) is 9.29 Å². The van der Waals surface area contributed by atoms with Gasteiger partial charge in [-0.2, -0.15) is 0 Å². The first-order valence-corrected chi connectivity index (χ1v) is 18.9. The number of benzene rings is 5. The molecule has 0 fully saturated rings. The lowest BCUT2D eigenvalue weighted by atomic mass is 9.90. The van der Waals surface area contributed by atoms with Crippen molar-refractivity contribution in [3.8, 4) is 0 Å². The Morgan fingerprint density at radius 3 is 2.10 bits per heavy atom. The zero-order valence-electron chi connectivity index (χ0n) is 27.2. The van der Waals surface area contributed by atoms with Crippen LogP contribution in [-0.4, -0.2) is 30.6 Å². The number of halogens is 3. The molecule has 0 saturated carbocycles. The van der Waals surface area contributed by atoms with Crippen LogP contribution in [-0.2, 0) is 28.6 Å². The summed E-state index contributed by atoms with van der Waals surface area (Å²) in [5.74, 6) is -1.32. The maximum atomic E-state index is 13.4. The van der Waals surface area contributed by atoms with Crippen LogP contribution in [0.15, 0.2) is 121 Å². The van der Waals surface area contributed by atoms with Gasteiger partial charge in [0.2, 0.25) is 10.0 Å². The van der Waals surface area contributed by atoms with Crippen molar-refractivity contribution < 1.29 is 18.3 Å². The fraction of sp³-hybridized carbons (Fsp3) is 0.175. The number of aromatic nitrogens is 1. The molecule has 1 heterocycles. The van der Waals surface area contributed by atoms with Crippen LogP contribution in [0.4, 0.5) is 0 Å².